The zero-order valence-electron chi connectivity index (χ0n) is 27.8. The predicted molar refractivity (Wildman–Crippen MR) is 174 cm³/mol. The van der Waals surface area contributed by atoms with E-state index < -0.39 is 20.7 Å². The van der Waals surface area contributed by atoms with Gasteiger partial charge in [-0.2, -0.15) is 11.3 Å². The molecule has 43 heavy (non-hydrogen) atoms. The van der Waals surface area contributed by atoms with Crippen LogP contribution >= 0.6 is 11.3 Å². The number of hydrogen-bond acceptors (Lipinski definition) is 4. The van der Waals surface area contributed by atoms with Crippen LogP contribution in [0.25, 0.3) is 43.5 Å². The van der Waals surface area contributed by atoms with Crippen LogP contribution in [-0.4, -0.2) is 23.0 Å². The van der Waals surface area contributed by atoms with E-state index in [4.69, 9.17) is 4.11 Å². The van der Waals surface area contributed by atoms with E-state index in [1.165, 1.54) is 22.9 Å². The number of nitrogens with zero attached hydrogens (tertiary/aromatic N) is 3. The van der Waals surface area contributed by atoms with E-state index in [0.29, 0.717) is 10.4 Å². The van der Waals surface area contributed by atoms with Crippen molar-refractivity contribution in [1.29, 1.82) is 0 Å². The van der Waals surface area contributed by atoms with Crippen molar-refractivity contribution in [2.75, 3.05) is 0 Å². The fourth-order valence-corrected chi connectivity index (χ4v) is 6.27. The minimum absolute atomic E-state index is 0. The van der Waals surface area contributed by atoms with E-state index in [2.05, 4.69) is 85.7 Å². The minimum Gasteiger partial charge on any atom is -0.304 e. The fourth-order valence-electron chi connectivity index (χ4n) is 4.40. The van der Waals surface area contributed by atoms with E-state index in [1.807, 2.05) is 24.4 Å². The van der Waals surface area contributed by atoms with E-state index in [-0.39, 0.29) is 47.4 Å². The molecular formula is C35H33F2IrN3SSi-2. The molecule has 3 nitrogen and oxygen atoms in total. The topological polar surface area (TPSA) is 38.7 Å². The third kappa shape index (κ3) is 7.50. The Balaban J connectivity index is 0.000000230. The Morgan fingerprint density at radius 1 is 0.860 bits per heavy atom. The smallest absolute Gasteiger partial charge is 0.0797 e. The number of thiazole rings is 1. The maximum atomic E-state index is 15.1. The van der Waals surface area contributed by atoms with Crippen LogP contribution in [0.4, 0.5) is 8.78 Å². The standard InChI is InChI=1S/C20H18FN2SSi.C15H15FN.Ir/c1-12-23-20-18(24-12)8-7-16(19(20)21)17-10-14-9-15(25(2,3)4)6-5-13(14)11-22-17;1-15(2,3)12-6-9-14(17-10-12)11-4-7-13(16)8-5-11;/h5-6,8-11H,1-4H3;4,6-10H,1-3H3;/q2*-1;/i1D3;;. The molecule has 3 aromatic heterocycles. The average molecular weight is 789 g/mol. The molecule has 0 fully saturated rings. The molecule has 3 aromatic carbocycles. The summed E-state index contributed by atoms with van der Waals surface area (Å²) in [5, 5.41) is 3.24. The zero-order chi connectivity index (χ0) is 32.7. The molecule has 0 unspecified atom stereocenters. The number of rotatable bonds is 3. The monoisotopic (exact) mass is 789 g/mol. The van der Waals surface area contributed by atoms with E-state index in [0.717, 1.165) is 33.4 Å². The summed E-state index contributed by atoms with van der Waals surface area (Å²) in [7, 11) is -1.47. The van der Waals surface area contributed by atoms with Gasteiger partial charge in [-0.15, -0.1) is 42.0 Å². The maximum Gasteiger partial charge on any atom is 0.0797 e. The molecule has 0 aliphatic carbocycles. The minimum atomic E-state index is -2.36. The number of benzene rings is 3. The van der Waals surface area contributed by atoms with Crippen LogP contribution in [0.5, 0.6) is 0 Å². The van der Waals surface area contributed by atoms with Gasteiger partial charge in [-0.05, 0) is 44.7 Å². The van der Waals surface area contributed by atoms with Gasteiger partial charge in [0.2, 0.25) is 0 Å². The molecular weight excluding hydrogens is 753 g/mol. The Kier molecular flexibility index (Phi) is 8.53. The van der Waals surface area contributed by atoms with Crippen molar-refractivity contribution in [2.24, 2.45) is 0 Å². The van der Waals surface area contributed by atoms with Gasteiger partial charge in [-0.3, -0.25) is 13.8 Å². The van der Waals surface area contributed by atoms with Crippen LogP contribution in [0, 0.1) is 30.6 Å². The van der Waals surface area contributed by atoms with Crippen molar-refractivity contribution >= 4 is 45.6 Å². The quantitative estimate of drug-likeness (QED) is 0.133. The summed E-state index contributed by atoms with van der Waals surface area (Å²) in [6.07, 6.45) is 3.59. The van der Waals surface area contributed by atoms with Gasteiger partial charge in [0.25, 0.3) is 0 Å². The van der Waals surface area contributed by atoms with Crippen LogP contribution in [0.3, 0.4) is 0 Å². The first-order valence-electron chi connectivity index (χ1n) is 15.1. The van der Waals surface area contributed by atoms with Gasteiger partial charge in [0.15, 0.2) is 0 Å². The van der Waals surface area contributed by atoms with Gasteiger partial charge < -0.3 is 9.97 Å². The first-order chi connectivity index (χ1) is 21.0. The molecule has 0 bridgehead atoms. The summed E-state index contributed by atoms with van der Waals surface area (Å²) in [6.45, 7) is 10.9. The molecule has 0 aliphatic heterocycles. The Hall–Kier alpha value is -3.16. The molecule has 8 heteroatoms. The number of aryl methyl sites for hydroxylation is 1. The first kappa shape index (κ1) is 28.6. The summed E-state index contributed by atoms with van der Waals surface area (Å²) in [6, 6.07) is 24.0. The molecule has 6 rings (SSSR count). The van der Waals surface area contributed by atoms with Gasteiger partial charge in [-0.25, -0.2) is 0 Å². The van der Waals surface area contributed by atoms with E-state index >= 15 is 4.39 Å². The summed E-state index contributed by atoms with van der Waals surface area (Å²) >= 11 is 0.969. The number of pyridine rings is 2. The van der Waals surface area contributed by atoms with Crippen molar-refractivity contribution in [3.63, 3.8) is 0 Å². The van der Waals surface area contributed by atoms with Crippen LogP contribution in [-0.2, 0) is 25.5 Å². The molecule has 0 N–H and O–H groups in total. The number of halogens is 2. The van der Waals surface area contributed by atoms with Crippen molar-refractivity contribution < 1.29 is 33.0 Å². The van der Waals surface area contributed by atoms with E-state index in [9.17, 15) is 4.39 Å². The SMILES string of the molecule is CC(C)(C)c1ccc(-c2[c-]cc(F)cc2)nc1.[2H]C([2H])([2H])c1nc2c(F)c(-c3cc4cc([Si](C)(C)C)ccc4cn3)[c-]cc2s1.[Ir]. The second-order valence-corrected chi connectivity index (χ2v) is 18.3. The molecule has 0 aliphatic rings. The zero-order valence-corrected chi connectivity index (χ0v) is 29.0. The van der Waals surface area contributed by atoms with Gasteiger partial charge in [0, 0.05) is 47.9 Å². The Labute approximate surface area is 275 Å². The third-order valence-electron chi connectivity index (χ3n) is 6.95. The van der Waals surface area contributed by atoms with Crippen LogP contribution in [0.2, 0.25) is 19.6 Å². The molecule has 0 atom stereocenters. The first-order valence-corrected chi connectivity index (χ1v) is 17.9. The molecule has 3 heterocycles. The third-order valence-corrected chi connectivity index (χ3v) is 9.81. The van der Waals surface area contributed by atoms with Gasteiger partial charge in [0.1, 0.15) is 0 Å². The summed E-state index contributed by atoms with van der Waals surface area (Å²) < 4.78 is 50.8. The van der Waals surface area contributed by atoms with Gasteiger partial charge >= 0.3 is 0 Å². The second kappa shape index (κ2) is 12.8. The molecule has 6 aromatic rings. The second-order valence-electron chi connectivity index (χ2n) is 12.2. The molecule has 0 saturated heterocycles. The largest absolute Gasteiger partial charge is 0.304 e. The summed E-state index contributed by atoms with van der Waals surface area (Å²) in [5.74, 6) is -0.863. The van der Waals surface area contributed by atoms with Gasteiger partial charge in [0.05, 0.1) is 18.9 Å². The molecule has 0 amide bonds. The van der Waals surface area contributed by atoms with Crippen LogP contribution in [0.15, 0.2) is 73.1 Å². The van der Waals surface area contributed by atoms with Crippen LogP contribution in [0.1, 0.15) is 35.5 Å². The van der Waals surface area contributed by atoms with Crippen molar-refractivity contribution in [2.45, 2.75) is 52.7 Å². The Morgan fingerprint density at radius 2 is 1.63 bits per heavy atom. The number of fused-ring (bicyclic) bond motifs is 2. The predicted octanol–water partition coefficient (Wildman–Crippen LogP) is 9.29. The van der Waals surface area contributed by atoms with Crippen molar-refractivity contribution in [3.8, 4) is 22.5 Å². The Bertz CT molecular complexity index is 1980. The maximum absolute atomic E-state index is 15.1. The molecule has 0 spiro atoms. The Morgan fingerprint density at radius 3 is 2.26 bits per heavy atom. The number of hydrogen-bond donors (Lipinski definition) is 0. The molecule has 1 radical (unpaired) electrons. The molecule has 0 saturated carbocycles. The van der Waals surface area contributed by atoms with E-state index in [1.54, 1.807) is 18.3 Å². The normalized spacial score (nSPS) is 13.0. The van der Waals surface area contributed by atoms with Crippen molar-refractivity contribution in [1.82, 2.24) is 15.0 Å². The van der Waals surface area contributed by atoms with Crippen molar-refractivity contribution in [3.05, 3.63) is 107 Å². The molecule has 223 valence electrons. The fraction of sp³-hybridized carbons (Fsp3) is 0.229. The summed E-state index contributed by atoms with van der Waals surface area (Å²) in [5.41, 5.74) is 3.63. The van der Waals surface area contributed by atoms with Crippen LogP contribution < -0.4 is 5.19 Å². The average Bonchev–Trinajstić information content (AvgIpc) is 3.43. The number of aromatic nitrogens is 3. The summed E-state index contributed by atoms with van der Waals surface area (Å²) in [4.78, 5) is 12.8. The van der Waals surface area contributed by atoms with Gasteiger partial charge in [-0.1, -0.05) is 87.6 Å².